The van der Waals surface area contributed by atoms with E-state index in [1.807, 2.05) is 24.3 Å². The van der Waals surface area contributed by atoms with Gasteiger partial charge in [0.1, 0.15) is 11.6 Å². The van der Waals surface area contributed by atoms with E-state index in [4.69, 9.17) is 4.74 Å². The van der Waals surface area contributed by atoms with Gasteiger partial charge in [0.25, 0.3) is 0 Å². The van der Waals surface area contributed by atoms with Gasteiger partial charge in [-0.1, -0.05) is 44.2 Å². The van der Waals surface area contributed by atoms with Crippen molar-refractivity contribution in [2.45, 2.75) is 19.9 Å². The summed E-state index contributed by atoms with van der Waals surface area (Å²) in [5.74, 6) is 0.188. The monoisotopic (exact) mass is 370 g/mol. The van der Waals surface area contributed by atoms with E-state index in [1.54, 1.807) is 25.3 Å². The summed E-state index contributed by atoms with van der Waals surface area (Å²) >= 11 is 0. The van der Waals surface area contributed by atoms with Crippen LogP contribution in [0.15, 0.2) is 54.6 Å². The van der Waals surface area contributed by atoms with E-state index in [9.17, 15) is 9.18 Å². The summed E-state index contributed by atoms with van der Waals surface area (Å²) in [6.07, 6.45) is 2.85. The number of carbonyl (C=O) groups is 1. The molecule has 0 saturated carbocycles. The molecule has 1 N–H and O–H groups in total. The highest BCUT2D eigenvalue weighted by molar-refractivity contribution is 5.91. The highest BCUT2D eigenvalue weighted by Crippen LogP contribution is 2.23. The lowest BCUT2D eigenvalue weighted by Crippen LogP contribution is -2.37. The van der Waals surface area contributed by atoms with Gasteiger partial charge in [-0.05, 0) is 42.9 Å². The average molecular weight is 370 g/mol. The Balaban J connectivity index is 2.09. The Morgan fingerprint density at radius 1 is 1.19 bits per heavy atom. The number of halogens is 1. The van der Waals surface area contributed by atoms with Crippen LogP contribution in [0.4, 0.5) is 4.39 Å². The lowest BCUT2D eigenvalue weighted by atomic mass is 10.0. The first kappa shape index (κ1) is 20.6. The minimum Gasteiger partial charge on any atom is -0.497 e. The summed E-state index contributed by atoms with van der Waals surface area (Å²) in [7, 11) is 1.64. The summed E-state index contributed by atoms with van der Waals surface area (Å²) in [4.78, 5) is 14.5. The van der Waals surface area contributed by atoms with Crippen LogP contribution in [-0.4, -0.2) is 37.6 Å². The summed E-state index contributed by atoms with van der Waals surface area (Å²) in [6, 6.07) is 14.3. The fourth-order valence-corrected chi connectivity index (χ4v) is 3.00. The summed E-state index contributed by atoms with van der Waals surface area (Å²) in [5, 5.41) is 2.93. The van der Waals surface area contributed by atoms with Gasteiger partial charge in [0.05, 0.1) is 13.2 Å². The molecule has 2 rings (SSSR count). The van der Waals surface area contributed by atoms with Crippen LogP contribution in [0.25, 0.3) is 6.08 Å². The first-order valence-corrected chi connectivity index (χ1v) is 9.17. The highest BCUT2D eigenvalue weighted by atomic mass is 19.1. The molecule has 0 aliphatic carbocycles. The molecule has 1 atom stereocenters. The number of ether oxygens (including phenoxy) is 1. The first-order chi connectivity index (χ1) is 13.1. The standard InChI is InChI=1S/C22H27FN2O2/c1-4-25(5-2)21(18-10-8-11-19(15-18)27-3)16-24-22(26)14-13-17-9-6-7-12-20(17)23/h6-15,21H,4-5,16H2,1-3H3,(H,24,26)/b14-13+. The number of amides is 1. The van der Waals surface area contributed by atoms with Gasteiger partial charge in [-0.25, -0.2) is 4.39 Å². The van der Waals surface area contributed by atoms with Gasteiger partial charge in [0, 0.05) is 18.2 Å². The molecule has 1 amide bonds. The van der Waals surface area contributed by atoms with Crippen LogP contribution in [0.5, 0.6) is 5.75 Å². The molecule has 144 valence electrons. The molecular formula is C22H27FN2O2. The second-order valence-corrected chi connectivity index (χ2v) is 6.11. The Morgan fingerprint density at radius 2 is 1.93 bits per heavy atom. The molecule has 4 nitrogen and oxygen atoms in total. The van der Waals surface area contributed by atoms with E-state index in [-0.39, 0.29) is 17.8 Å². The molecule has 0 spiro atoms. The number of hydrogen-bond acceptors (Lipinski definition) is 3. The quantitative estimate of drug-likeness (QED) is 0.677. The Bertz CT molecular complexity index is 772. The second kappa shape index (κ2) is 10.5. The molecule has 0 aliphatic heterocycles. The first-order valence-electron chi connectivity index (χ1n) is 9.17. The minimum atomic E-state index is -0.348. The zero-order chi connectivity index (χ0) is 19.6. The number of nitrogens with one attached hydrogen (secondary N) is 1. The lowest BCUT2D eigenvalue weighted by Gasteiger charge is -2.30. The Morgan fingerprint density at radius 3 is 2.59 bits per heavy atom. The summed E-state index contributed by atoms with van der Waals surface area (Å²) in [5.41, 5.74) is 1.47. The normalized spacial score (nSPS) is 12.3. The Kier molecular flexibility index (Phi) is 8.01. The van der Waals surface area contributed by atoms with Crippen LogP contribution in [0.2, 0.25) is 0 Å². The van der Waals surface area contributed by atoms with Crippen LogP contribution in [-0.2, 0) is 4.79 Å². The molecule has 0 aromatic heterocycles. The van der Waals surface area contributed by atoms with Crippen molar-refractivity contribution in [2.24, 2.45) is 0 Å². The largest absolute Gasteiger partial charge is 0.497 e. The van der Waals surface area contributed by atoms with Gasteiger partial charge in [-0.15, -0.1) is 0 Å². The van der Waals surface area contributed by atoms with Crippen molar-refractivity contribution in [3.63, 3.8) is 0 Å². The maximum absolute atomic E-state index is 13.6. The van der Waals surface area contributed by atoms with Gasteiger partial charge in [0.15, 0.2) is 0 Å². The lowest BCUT2D eigenvalue weighted by molar-refractivity contribution is -0.116. The Hall–Kier alpha value is -2.66. The van der Waals surface area contributed by atoms with Gasteiger partial charge in [-0.3, -0.25) is 9.69 Å². The molecule has 0 heterocycles. The van der Waals surface area contributed by atoms with Gasteiger partial charge >= 0.3 is 0 Å². The van der Waals surface area contributed by atoms with Crippen molar-refractivity contribution >= 4 is 12.0 Å². The molecule has 1 unspecified atom stereocenters. The minimum absolute atomic E-state index is 0.0286. The van der Waals surface area contributed by atoms with Crippen molar-refractivity contribution in [1.29, 1.82) is 0 Å². The average Bonchev–Trinajstić information content (AvgIpc) is 2.70. The van der Waals surface area contributed by atoms with Crippen LogP contribution in [0.1, 0.15) is 31.0 Å². The van der Waals surface area contributed by atoms with Crippen LogP contribution < -0.4 is 10.1 Å². The second-order valence-electron chi connectivity index (χ2n) is 6.11. The fraction of sp³-hybridized carbons (Fsp3) is 0.318. The van der Waals surface area contributed by atoms with Crippen LogP contribution >= 0.6 is 0 Å². The number of methoxy groups -OCH3 is 1. The zero-order valence-electron chi connectivity index (χ0n) is 16.1. The van der Waals surface area contributed by atoms with Crippen molar-refractivity contribution < 1.29 is 13.9 Å². The molecular weight excluding hydrogens is 343 g/mol. The zero-order valence-corrected chi connectivity index (χ0v) is 16.1. The van der Waals surface area contributed by atoms with E-state index in [2.05, 4.69) is 24.1 Å². The van der Waals surface area contributed by atoms with Crippen molar-refractivity contribution in [1.82, 2.24) is 10.2 Å². The van der Waals surface area contributed by atoms with Crippen molar-refractivity contribution in [2.75, 3.05) is 26.7 Å². The van der Waals surface area contributed by atoms with Crippen molar-refractivity contribution in [3.8, 4) is 5.75 Å². The number of hydrogen-bond donors (Lipinski definition) is 1. The van der Waals surface area contributed by atoms with Crippen molar-refractivity contribution in [3.05, 3.63) is 71.6 Å². The third-order valence-electron chi connectivity index (χ3n) is 4.52. The van der Waals surface area contributed by atoms with E-state index in [0.29, 0.717) is 12.1 Å². The molecule has 2 aromatic rings. The molecule has 0 saturated heterocycles. The Labute approximate surface area is 160 Å². The third kappa shape index (κ3) is 5.93. The van der Waals surface area contributed by atoms with Crippen LogP contribution in [0.3, 0.4) is 0 Å². The number of nitrogens with zero attached hydrogens (tertiary/aromatic N) is 1. The number of benzene rings is 2. The van der Waals surface area contributed by atoms with E-state index >= 15 is 0 Å². The smallest absolute Gasteiger partial charge is 0.244 e. The molecule has 0 aliphatic rings. The fourth-order valence-electron chi connectivity index (χ4n) is 3.00. The third-order valence-corrected chi connectivity index (χ3v) is 4.52. The van der Waals surface area contributed by atoms with Crippen LogP contribution in [0, 0.1) is 5.82 Å². The van der Waals surface area contributed by atoms with Gasteiger partial charge in [-0.2, -0.15) is 0 Å². The van der Waals surface area contributed by atoms with E-state index in [0.717, 1.165) is 24.4 Å². The number of rotatable bonds is 9. The SMILES string of the molecule is CCN(CC)C(CNC(=O)/C=C/c1ccccc1F)c1cccc(OC)c1. The predicted molar refractivity (Wildman–Crippen MR) is 107 cm³/mol. The van der Waals surface area contributed by atoms with Gasteiger partial charge in [0.2, 0.25) is 5.91 Å². The van der Waals surface area contributed by atoms with E-state index in [1.165, 1.54) is 18.2 Å². The maximum Gasteiger partial charge on any atom is 0.244 e. The molecule has 5 heteroatoms. The molecule has 2 aromatic carbocycles. The number of carbonyl (C=O) groups excluding carboxylic acids is 1. The predicted octanol–water partition coefficient (Wildman–Crippen LogP) is 4.05. The molecule has 0 bridgehead atoms. The summed E-state index contributed by atoms with van der Waals surface area (Å²) in [6.45, 7) is 6.36. The number of likely N-dealkylation sites (N-methyl/N-ethyl adjacent to an activating group) is 1. The highest BCUT2D eigenvalue weighted by Gasteiger charge is 2.19. The van der Waals surface area contributed by atoms with Gasteiger partial charge < -0.3 is 10.1 Å². The summed E-state index contributed by atoms with van der Waals surface area (Å²) < 4.78 is 19.0. The molecule has 27 heavy (non-hydrogen) atoms. The molecule has 0 fully saturated rings. The topological polar surface area (TPSA) is 41.6 Å². The molecule has 0 radical (unpaired) electrons. The van der Waals surface area contributed by atoms with E-state index < -0.39 is 0 Å². The maximum atomic E-state index is 13.6.